The van der Waals surface area contributed by atoms with Crippen LogP contribution < -0.4 is 5.32 Å². The maximum atomic E-state index is 13.1. The third-order valence-corrected chi connectivity index (χ3v) is 19.3. The number of hydrogen-bond acceptors (Lipinski definition) is 10. The number of unbranched alkanes of at least 4 members (excludes halogenated alkanes) is 51. The molecule has 7 atom stereocenters. The number of aliphatic hydroxyl groups excluding tert-OH is 5. The Morgan fingerprint density at radius 3 is 1.09 bits per heavy atom. The topological polar surface area (TPSA) is 175 Å². The summed E-state index contributed by atoms with van der Waals surface area (Å²) < 4.78 is 16.8. The Morgan fingerprint density at radius 2 is 0.716 bits per heavy atom. The second-order valence-electron chi connectivity index (χ2n) is 28.5. The second kappa shape index (κ2) is 72.6. The van der Waals surface area contributed by atoms with Crippen molar-refractivity contribution in [2.45, 2.75) is 442 Å². The summed E-state index contributed by atoms with van der Waals surface area (Å²) >= 11 is 0. The molecule has 95 heavy (non-hydrogen) atoms. The SMILES string of the molecule is CCCC/C=C\C/C=C\CCCCCCCC(=O)OCCCCCCCCCCCCCCCCC/C=C\C/C=C\CCCCCCCCCCCCCCCCCCCC(=O)NC(COC1OC(CO)C(O)C(O)C1O)C(O)/C=C/CCCCCCCCCCCCCC. The maximum Gasteiger partial charge on any atom is 0.305 e. The van der Waals surface area contributed by atoms with Crippen LogP contribution in [0.2, 0.25) is 0 Å². The van der Waals surface area contributed by atoms with Crippen molar-refractivity contribution in [2.75, 3.05) is 19.8 Å². The van der Waals surface area contributed by atoms with Gasteiger partial charge in [0.05, 0.1) is 32.0 Å². The van der Waals surface area contributed by atoms with Gasteiger partial charge in [-0.05, 0) is 89.9 Å². The van der Waals surface area contributed by atoms with Gasteiger partial charge in [-0.15, -0.1) is 0 Å². The molecule has 0 spiro atoms. The van der Waals surface area contributed by atoms with Crippen LogP contribution in [0, 0.1) is 0 Å². The molecule has 0 aromatic rings. The molecular weight excluding hydrogens is 1180 g/mol. The third-order valence-electron chi connectivity index (χ3n) is 19.3. The van der Waals surface area contributed by atoms with E-state index in [1.807, 2.05) is 6.08 Å². The molecule has 7 unspecified atom stereocenters. The number of allylic oxidation sites excluding steroid dienone is 9. The van der Waals surface area contributed by atoms with E-state index in [1.54, 1.807) is 6.08 Å². The van der Waals surface area contributed by atoms with Crippen molar-refractivity contribution in [3.8, 4) is 0 Å². The van der Waals surface area contributed by atoms with Gasteiger partial charge in [0.2, 0.25) is 5.91 Å². The Labute approximate surface area is 586 Å². The molecule has 11 heteroatoms. The van der Waals surface area contributed by atoms with Crippen LogP contribution in [0.1, 0.15) is 399 Å². The van der Waals surface area contributed by atoms with Crippen molar-refractivity contribution in [2.24, 2.45) is 0 Å². The Kier molecular flexibility index (Phi) is 69.1. The van der Waals surface area contributed by atoms with E-state index in [0.29, 0.717) is 19.4 Å². The van der Waals surface area contributed by atoms with Crippen molar-refractivity contribution < 1.29 is 49.3 Å². The quantitative estimate of drug-likeness (QED) is 0.0195. The normalized spacial score (nSPS) is 17.7. The van der Waals surface area contributed by atoms with Crippen LogP contribution in [0.25, 0.3) is 0 Å². The molecule has 0 radical (unpaired) electrons. The van der Waals surface area contributed by atoms with E-state index < -0.39 is 49.5 Å². The minimum Gasteiger partial charge on any atom is -0.466 e. The van der Waals surface area contributed by atoms with Crippen molar-refractivity contribution in [3.05, 3.63) is 60.8 Å². The molecule has 1 aliphatic heterocycles. The molecule has 0 aliphatic carbocycles. The molecule has 0 bridgehead atoms. The molecule has 6 N–H and O–H groups in total. The standard InChI is InChI=1S/C84H155NO10/c1-3-5-7-9-11-13-15-17-46-50-54-58-62-66-70-77(87)76(75-94-84-83(92)82(91)81(90)78(74-86)95-84)85-79(88)71-67-63-59-55-51-47-44-42-40-38-36-34-32-30-28-26-24-22-20-19-21-23-25-27-29-31-33-35-37-39-41-43-45-49-53-57-61-65-69-73-93-80(89)72-68-64-60-56-52-48-18-16-14-12-10-8-6-4-2/h10,12,16,18-20,23,25,66,70,76-78,81-84,86-87,90-92H,3-9,11,13-15,17,21-22,24,26-65,67-69,71-75H2,1-2H3,(H,85,88)/b12-10-,18-16-,20-19-,25-23-,70-66+. The minimum atomic E-state index is -1.57. The zero-order valence-corrected chi connectivity index (χ0v) is 62.1. The predicted octanol–water partition coefficient (Wildman–Crippen LogP) is 22.4. The van der Waals surface area contributed by atoms with Gasteiger partial charge in [-0.1, -0.05) is 357 Å². The van der Waals surface area contributed by atoms with Gasteiger partial charge >= 0.3 is 5.97 Å². The van der Waals surface area contributed by atoms with Gasteiger partial charge in [-0.25, -0.2) is 0 Å². The summed E-state index contributed by atoms with van der Waals surface area (Å²) in [6, 6.07) is -0.809. The van der Waals surface area contributed by atoms with Gasteiger partial charge in [0.1, 0.15) is 24.4 Å². The van der Waals surface area contributed by atoms with Crippen molar-refractivity contribution in [1.29, 1.82) is 0 Å². The molecule has 1 aliphatic rings. The van der Waals surface area contributed by atoms with Crippen molar-refractivity contribution in [3.63, 3.8) is 0 Å². The van der Waals surface area contributed by atoms with Gasteiger partial charge in [0, 0.05) is 12.8 Å². The van der Waals surface area contributed by atoms with Crippen LogP contribution in [0.3, 0.4) is 0 Å². The Bertz CT molecular complexity index is 1770. The molecule has 1 fully saturated rings. The molecule has 1 heterocycles. The summed E-state index contributed by atoms with van der Waals surface area (Å²) in [6.45, 7) is 4.35. The van der Waals surface area contributed by atoms with E-state index in [-0.39, 0.29) is 18.5 Å². The highest BCUT2D eigenvalue weighted by Gasteiger charge is 2.44. The second-order valence-corrected chi connectivity index (χ2v) is 28.5. The molecular formula is C84H155NO10. The number of hydrogen-bond donors (Lipinski definition) is 6. The lowest BCUT2D eigenvalue weighted by Crippen LogP contribution is -2.60. The van der Waals surface area contributed by atoms with Gasteiger partial charge in [-0.2, -0.15) is 0 Å². The van der Waals surface area contributed by atoms with Crippen LogP contribution in [-0.2, 0) is 23.8 Å². The number of carbonyl (C=O) groups excluding carboxylic acids is 2. The molecule has 1 rings (SSSR count). The summed E-state index contributed by atoms with van der Waals surface area (Å²) in [6.07, 6.45) is 88.2. The van der Waals surface area contributed by atoms with Gasteiger partial charge in [-0.3, -0.25) is 9.59 Å². The van der Waals surface area contributed by atoms with Gasteiger partial charge < -0.3 is 45.1 Å². The molecule has 0 aromatic heterocycles. The third kappa shape index (κ3) is 61.0. The van der Waals surface area contributed by atoms with Crippen LogP contribution in [0.15, 0.2) is 60.8 Å². The highest BCUT2D eigenvalue weighted by Crippen LogP contribution is 2.24. The number of aliphatic hydroxyl groups is 5. The Balaban J connectivity index is 1.91. The fourth-order valence-corrected chi connectivity index (χ4v) is 12.9. The zero-order chi connectivity index (χ0) is 68.6. The van der Waals surface area contributed by atoms with Crippen LogP contribution in [0.4, 0.5) is 0 Å². The average Bonchev–Trinajstić information content (AvgIpc) is 0.840. The van der Waals surface area contributed by atoms with E-state index in [9.17, 15) is 35.1 Å². The number of amides is 1. The first-order chi connectivity index (χ1) is 46.7. The first-order valence-electron chi connectivity index (χ1n) is 41.1. The number of esters is 1. The van der Waals surface area contributed by atoms with Gasteiger partial charge in [0.15, 0.2) is 6.29 Å². The molecule has 1 saturated heterocycles. The monoisotopic (exact) mass is 1340 g/mol. The summed E-state index contributed by atoms with van der Waals surface area (Å²) in [5.41, 5.74) is 0. The fourth-order valence-electron chi connectivity index (χ4n) is 12.9. The highest BCUT2D eigenvalue weighted by molar-refractivity contribution is 5.76. The first-order valence-corrected chi connectivity index (χ1v) is 41.1. The largest absolute Gasteiger partial charge is 0.466 e. The number of rotatable bonds is 73. The lowest BCUT2D eigenvalue weighted by molar-refractivity contribution is -0.302. The van der Waals surface area contributed by atoms with Crippen molar-refractivity contribution in [1.82, 2.24) is 5.32 Å². The van der Waals surface area contributed by atoms with Crippen molar-refractivity contribution >= 4 is 11.9 Å². The van der Waals surface area contributed by atoms with Crippen LogP contribution in [-0.4, -0.2) is 100 Å². The molecule has 556 valence electrons. The number of ether oxygens (including phenoxy) is 3. The lowest BCUT2D eigenvalue weighted by atomic mass is 9.99. The average molecular weight is 1340 g/mol. The summed E-state index contributed by atoms with van der Waals surface area (Å²) in [7, 11) is 0. The lowest BCUT2D eigenvalue weighted by Gasteiger charge is -2.40. The number of nitrogens with one attached hydrogen (secondary N) is 1. The van der Waals surface area contributed by atoms with E-state index in [2.05, 4.69) is 67.8 Å². The van der Waals surface area contributed by atoms with E-state index in [4.69, 9.17) is 14.2 Å². The van der Waals surface area contributed by atoms with E-state index in [1.165, 1.54) is 302 Å². The molecule has 0 saturated carbocycles. The molecule has 1 amide bonds. The predicted molar refractivity (Wildman–Crippen MR) is 403 cm³/mol. The highest BCUT2D eigenvalue weighted by atomic mass is 16.7. The van der Waals surface area contributed by atoms with Crippen LogP contribution in [0.5, 0.6) is 0 Å². The first kappa shape index (κ1) is 90.4. The Hall–Kier alpha value is -2.64. The smallest absolute Gasteiger partial charge is 0.305 e. The minimum absolute atomic E-state index is 0.0000492. The van der Waals surface area contributed by atoms with Gasteiger partial charge in [0.25, 0.3) is 0 Å². The summed E-state index contributed by atoms with van der Waals surface area (Å²) in [5.74, 6) is -0.176. The van der Waals surface area contributed by atoms with E-state index in [0.717, 1.165) is 70.6 Å². The van der Waals surface area contributed by atoms with Crippen LogP contribution >= 0.6 is 0 Å². The maximum absolute atomic E-state index is 13.1. The number of carbonyl (C=O) groups is 2. The summed E-state index contributed by atoms with van der Waals surface area (Å²) in [5, 5.41) is 54.6. The van der Waals surface area contributed by atoms with E-state index >= 15 is 0 Å². The fraction of sp³-hybridized carbons (Fsp3) is 0.857. The Morgan fingerprint density at radius 1 is 0.389 bits per heavy atom. The molecule has 0 aromatic carbocycles. The summed E-state index contributed by atoms with van der Waals surface area (Å²) in [4.78, 5) is 25.2. The zero-order valence-electron chi connectivity index (χ0n) is 62.1. The molecule has 11 nitrogen and oxygen atoms in total.